The Bertz CT molecular complexity index is 1100. The first kappa shape index (κ1) is 22.5. The number of carbonyl (C=O) groups excluding carboxylic acids is 2. The van der Waals surface area contributed by atoms with Gasteiger partial charge < -0.3 is 9.47 Å². The van der Waals surface area contributed by atoms with Gasteiger partial charge in [-0.05, 0) is 55.7 Å². The second-order valence-corrected chi connectivity index (χ2v) is 10.1. The SMILES string of the molecule is Cc1nn(-c2ccccc2)c2sc(C(=O)OCC(=O)O[C@@H]3C[C@@H](C)CC[C@@H]3C(C)C)cc12. The summed E-state index contributed by atoms with van der Waals surface area (Å²) in [4.78, 5) is 26.4. The summed E-state index contributed by atoms with van der Waals surface area (Å²) in [7, 11) is 0. The number of fused-ring (bicyclic) bond motifs is 1. The molecular formula is C25H30N2O4S. The molecule has 6 nitrogen and oxygen atoms in total. The fraction of sp³-hybridized carbons (Fsp3) is 0.480. The summed E-state index contributed by atoms with van der Waals surface area (Å²) in [6.07, 6.45) is 3.00. The number of aryl methyl sites for hydroxylation is 1. The van der Waals surface area contributed by atoms with Gasteiger partial charge in [0, 0.05) is 5.39 Å². The number of hydrogen-bond donors (Lipinski definition) is 0. The van der Waals surface area contributed by atoms with Crippen LogP contribution >= 0.6 is 11.3 Å². The predicted octanol–water partition coefficient (Wildman–Crippen LogP) is 5.56. The molecule has 0 amide bonds. The van der Waals surface area contributed by atoms with Gasteiger partial charge in [0.1, 0.15) is 15.8 Å². The monoisotopic (exact) mass is 454 g/mol. The average molecular weight is 455 g/mol. The predicted molar refractivity (Wildman–Crippen MR) is 125 cm³/mol. The molecule has 1 aromatic carbocycles. The van der Waals surface area contributed by atoms with Gasteiger partial charge in [0.05, 0.1) is 11.4 Å². The highest BCUT2D eigenvalue weighted by molar-refractivity contribution is 7.20. The Kier molecular flexibility index (Phi) is 6.65. The maximum Gasteiger partial charge on any atom is 0.348 e. The number of benzene rings is 1. The summed E-state index contributed by atoms with van der Waals surface area (Å²) < 4.78 is 12.9. The molecule has 3 aromatic rings. The maximum absolute atomic E-state index is 12.6. The van der Waals surface area contributed by atoms with Crippen molar-refractivity contribution in [3.8, 4) is 5.69 Å². The molecule has 170 valence electrons. The van der Waals surface area contributed by atoms with Crippen molar-refractivity contribution in [2.24, 2.45) is 17.8 Å². The van der Waals surface area contributed by atoms with Crippen LogP contribution in [0.3, 0.4) is 0 Å². The van der Waals surface area contributed by atoms with E-state index in [1.54, 1.807) is 6.07 Å². The van der Waals surface area contributed by atoms with Gasteiger partial charge in [-0.2, -0.15) is 5.10 Å². The molecule has 1 fully saturated rings. The van der Waals surface area contributed by atoms with Gasteiger partial charge in [0.15, 0.2) is 6.61 Å². The zero-order valence-electron chi connectivity index (χ0n) is 19.0. The molecule has 0 aliphatic heterocycles. The first-order chi connectivity index (χ1) is 15.3. The minimum Gasteiger partial charge on any atom is -0.460 e. The van der Waals surface area contributed by atoms with Crippen LogP contribution in [0.2, 0.25) is 0 Å². The van der Waals surface area contributed by atoms with Crippen LogP contribution in [-0.4, -0.2) is 34.4 Å². The lowest BCUT2D eigenvalue weighted by atomic mass is 9.75. The van der Waals surface area contributed by atoms with Crippen molar-refractivity contribution in [2.75, 3.05) is 6.61 Å². The van der Waals surface area contributed by atoms with E-state index in [1.165, 1.54) is 11.3 Å². The Morgan fingerprint density at radius 3 is 2.69 bits per heavy atom. The zero-order chi connectivity index (χ0) is 22.8. The van der Waals surface area contributed by atoms with Crippen molar-refractivity contribution < 1.29 is 19.1 Å². The number of nitrogens with zero attached hydrogens (tertiary/aromatic N) is 2. The van der Waals surface area contributed by atoms with Gasteiger partial charge in [-0.25, -0.2) is 14.3 Å². The van der Waals surface area contributed by atoms with E-state index in [0.717, 1.165) is 40.9 Å². The molecule has 3 atom stereocenters. The highest BCUT2D eigenvalue weighted by Gasteiger charge is 2.33. The third-order valence-electron chi connectivity index (χ3n) is 6.31. The normalized spacial score (nSPS) is 21.1. The molecule has 0 bridgehead atoms. The van der Waals surface area contributed by atoms with Gasteiger partial charge in [-0.1, -0.05) is 45.4 Å². The molecule has 0 N–H and O–H groups in total. The summed E-state index contributed by atoms with van der Waals surface area (Å²) in [5.41, 5.74) is 1.77. The van der Waals surface area contributed by atoms with Gasteiger partial charge in [-0.3, -0.25) is 0 Å². The maximum atomic E-state index is 12.6. The lowest BCUT2D eigenvalue weighted by molar-refractivity contribution is -0.159. The third kappa shape index (κ3) is 4.72. The minimum absolute atomic E-state index is 0.103. The summed E-state index contributed by atoms with van der Waals surface area (Å²) in [6.45, 7) is 8.07. The highest BCUT2D eigenvalue weighted by atomic mass is 32.1. The van der Waals surface area contributed by atoms with Crippen LogP contribution < -0.4 is 0 Å². The Morgan fingerprint density at radius 2 is 1.97 bits per heavy atom. The molecule has 2 heterocycles. The van der Waals surface area contributed by atoms with Crippen molar-refractivity contribution >= 4 is 33.5 Å². The van der Waals surface area contributed by atoms with Gasteiger partial charge in [0.25, 0.3) is 0 Å². The first-order valence-electron chi connectivity index (χ1n) is 11.2. The summed E-state index contributed by atoms with van der Waals surface area (Å²) in [6, 6.07) is 11.6. The van der Waals surface area contributed by atoms with Gasteiger partial charge >= 0.3 is 11.9 Å². The molecule has 1 aliphatic rings. The standard InChI is InChI=1S/C25H30N2O4S/c1-15(2)19-11-10-16(3)12-21(19)31-23(28)14-30-25(29)22-13-20-17(4)26-27(24(20)32-22)18-8-6-5-7-9-18/h5-9,13,15-16,19,21H,10-12,14H2,1-4H3/t16-,19+,21+/m0/s1. The highest BCUT2D eigenvalue weighted by Crippen LogP contribution is 2.35. The van der Waals surface area contributed by atoms with E-state index >= 15 is 0 Å². The average Bonchev–Trinajstić information content (AvgIpc) is 3.33. The van der Waals surface area contributed by atoms with E-state index < -0.39 is 11.9 Å². The quantitative estimate of drug-likeness (QED) is 0.456. The van der Waals surface area contributed by atoms with Crippen molar-refractivity contribution in [1.82, 2.24) is 9.78 Å². The molecule has 0 spiro atoms. The molecule has 1 saturated carbocycles. The summed E-state index contributed by atoms with van der Waals surface area (Å²) in [5, 5.41) is 5.49. The molecule has 2 aromatic heterocycles. The Hall–Kier alpha value is -2.67. The number of esters is 2. The molecule has 0 radical (unpaired) electrons. The Morgan fingerprint density at radius 1 is 1.22 bits per heavy atom. The third-order valence-corrected chi connectivity index (χ3v) is 7.40. The van der Waals surface area contributed by atoms with Crippen LogP contribution in [0.15, 0.2) is 36.4 Å². The topological polar surface area (TPSA) is 70.4 Å². The van der Waals surface area contributed by atoms with Crippen LogP contribution in [0, 0.1) is 24.7 Å². The van der Waals surface area contributed by atoms with Gasteiger partial charge in [-0.15, -0.1) is 11.3 Å². The lowest BCUT2D eigenvalue weighted by Crippen LogP contribution is -2.36. The van der Waals surface area contributed by atoms with E-state index in [1.807, 2.05) is 41.9 Å². The number of hydrogen-bond acceptors (Lipinski definition) is 6. The van der Waals surface area contributed by atoms with E-state index in [4.69, 9.17) is 9.47 Å². The molecule has 32 heavy (non-hydrogen) atoms. The lowest BCUT2D eigenvalue weighted by Gasteiger charge is -2.36. The number of para-hydroxylation sites is 1. The van der Waals surface area contributed by atoms with E-state index in [2.05, 4.69) is 25.9 Å². The van der Waals surface area contributed by atoms with E-state index in [0.29, 0.717) is 22.6 Å². The van der Waals surface area contributed by atoms with Crippen LogP contribution in [0.5, 0.6) is 0 Å². The summed E-state index contributed by atoms with van der Waals surface area (Å²) in [5.74, 6) is 0.359. The Balaban J connectivity index is 1.41. The smallest absolute Gasteiger partial charge is 0.348 e. The largest absolute Gasteiger partial charge is 0.460 e. The van der Waals surface area contributed by atoms with Gasteiger partial charge in [0.2, 0.25) is 0 Å². The Labute approximate surface area is 192 Å². The van der Waals surface area contributed by atoms with Crippen molar-refractivity contribution in [3.05, 3.63) is 47.0 Å². The molecule has 1 aliphatic carbocycles. The number of rotatable bonds is 6. The van der Waals surface area contributed by atoms with Crippen molar-refractivity contribution in [1.29, 1.82) is 0 Å². The zero-order valence-corrected chi connectivity index (χ0v) is 19.9. The fourth-order valence-electron chi connectivity index (χ4n) is 4.54. The molecule has 0 saturated heterocycles. The first-order valence-corrected chi connectivity index (χ1v) is 12.1. The van der Waals surface area contributed by atoms with Crippen LogP contribution in [0.25, 0.3) is 15.9 Å². The molecule has 7 heteroatoms. The number of thiophene rings is 1. The molecule has 0 unspecified atom stereocenters. The molecule has 4 rings (SSSR count). The fourth-order valence-corrected chi connectivity index (χ4v) is 5.62. The van der Waals surface area contributed by atoms with E-state index in [9.17, 15) is 9.59 Å². The van der Waals surface area contributed by atoms with E-state index in [-0.39, 0.29) is 12.7 Å². The van der Waals surface area contributed by atoms with Crippen LogP contribution in [0.1, 0.15) is 55.4 Å². The number of ether oxygens (including phenoxy) is 2. The minimum atomic E-state index is -0.514. The second kappa shape index (κ2) is 9.45. The summed E-state index contributed by atoms with van der Waals surface area (Å²) >= 11 is 1.31. The number of aromatic nitrogens is 2. The van der Waals surface area contributed by atoms with Crippen LogP contribution in [-0.2, 0) is 14.3 Å². The van der Waals surface area contributed by atoms with Crippen molar-refractivity contribution in [3.63, 3.8) is 0 Å². The number of carbonyl (C=O) groups is 2. The van der Waals surface area contributed by atoms with Crippen LogP contribution in [0.4, 0.5) is 0 Å². The molecular weight excluding hydrogens is 424 g/mol. The second-order valence-electron chi connectivity index (χ2n) is 9.09. The van der Waals surface area contributed by atoms with Crippen molar-refractivity contribution in [2.45, 2.75) is 53.1 Å².